The Labute approximate surface area is 175 Å². The normalized spacial score (nSPS) is 17.5. The first kappa shape index (κ1) is 19.4. The average Bonchev–Trinajstić information content (AvgIpc) is 3.16. The first-order chi connectivity index (χ1) is 13.8. The summed E-state index contributed by atoms with van der Waals surface area (Å²) in [5.74, 6) is -0.727. The number of rotatable bonds is 4. The molecule has 2 heterocycles. The van der Waals surface area contributed by atoms with Crippen LogP contribution in [0.15, 0.2) is 69.1 Å². The molecular weight excluding hydrogens is 436 g/mol. The number of hydrazone groups is 1. The molecule has 4 rings (SSSR count). The van der Waals surface area contributed by atoms with Crippen molar-refractivity contribution in [1.82, 2.24) is 5.01 Å². The third-order valence-electron chi connectivity index (χ3n) is 3.89. The van der Waals surface area contributed by atoms with E-state index in [2.05, 4.69) is 10.1 Å². The Morgan fingerprint density at radius 1 is 1.17 bits per heavy atom. The molecule has 1 amide bonds. The van der Waals surface area contributed by atoms with Gasteiger partial charge in [0.25, 0.3) is 5.91 Å². The van der Waals surface area contributed by atoms with Crippen molar-refractivity contribution in [3.63, 3.8) is 0 Å². The predicted octanol–water partition coefficient (Wildman–Crippen LogP) is 3.36. The van der Waals surface area contributed by atoms with Crippen LogP contribution in [0.1, 0.15) is 5.56 Å². The molecule has 2 aromatic rings. The standard InChI is InChI=1S/C18H11ClN4O4S2/c19-14-9-11(8-13-16(20)23-18(22-17(13)24)28-10-21-23)6-7-15(14)27-29(25,26)12-4-2-1-3-5-12/h1-10,20H. The Morgan fingerprint density at radius 3 is 2.66 bits per heavy atom. The fraction of sp³-hybridized carbons (Fsp3) is 0. The van der Waals surface area contributed by atoms with Crippen LogP contribution in [-0.4, -0.2) is 35.9 Å². The second-order valence-electron chi connectivity index (χ2n) is 5.80. The summed E-state index contributed by atoms with van der Waals surface area (Å²) in [5.41, 5.74) is 2.00. The quantitative estimate of drug-likeness (QED) is 0.569. The minimum atomic E-state index is -4.03. The van der Waals surface area contributed by atoms with E-state index in [0.29, 0.717) is 10.7 Å². The van der Waals surface area contributed by atoms with Gasteiger partial charge >= 0.3 is 10.1 Å². The zero-order valence-corrected chi connectivity index (χ0v) is 16.8. The number of nitrogens with zero attached hydrogens (tertiary/aromatic N) is 3. The highest BCUT2D eigenvalue weighted by Gasteiger charge is 2.32. The molecule has 0 aromatic heterocycles. The molecule has 2 aliphatic rings. The highest BCUT2D eigenvalue weighted by molar-refractivity contribution is 8.25. The third-order valence-corrected chi connectivity index (χ3v) is 6.11. The van der Waals surface area contributed by atoms with Gasteiger partial charge in [0.15, 0.2) is 16.8 Å². The van der Waals surface area contributed by atoms with Gasteiger partial charge in [0.2, 0.25) is 0 Å². The van der Waals surface area contributed by atoms with Gasteiger partial charge in [-0.3, -0.25) is 10.2 Å². The van der Waals surface area contributed by atoms with Crippen molar-refractivity contribution >= 4 is 62.0 Å². The summed E-state index contributed by atoms with van der Waals surface area (Å²) in [6, 6.07) is 12.0. The minimum absolute atomic E-state index is 0.00112. The number of carbonyl (C=O) groups excluding carboxylic acids is 1. The molecular formula is C18H11ClN4O4S2. The van der Waals surface area contributed by atoms with E-state index in [1.165, 1.54) is 47.0 Å². The molecule has 0 saturated heterocycles. The van der Waals surface area contributed by atoms with E-state index < -0.39 is 16.0 Å². The second-order valence-corrected chi connectivity index (χ2v) is 8.56. The summed E-state index contributed by atoms with van der Waals surface area (Å²) < 4.78 is 29.8. The molecule has 8 nitrogen and oxygen atoms in total. The number of nitrogens with one attached hydrogen (secondary N) is 1. The molecule has 0 unspecified atom stereocenters. The number of halogens is 1. The lowest BCUT2D eigenvalue weighted by Crippen LogP contribution is -2.35. The van der Waals surface area contributed by atoms with Gasteiger partial charge < -0.3 is 4.18 Å². The Kier molecular flexibility index (Phi) is 4.99. The molecule has 0 fully saturated rings. The van der Waals surface area contributed by atoms with Crippen LogP contribution in [-0.2, 0) is 14.9 Å². The summed E-state index contributed by atoms with van der Waals surface area (Å²) in [6.07, 6.45) is 1.44. The summed E-state index contributed by atoms with van der Waals surface area (Å²) in [6.45, 7) is 0. The van der Waals surface area contributed by atoms with E-state index in [1.807, 2.05) is 0 Å². The van der Waals surface area contributed by atoms with Crippen molar-refractivity contribution in [3.8, 4) is 5.75 Å². The van der Waals surface area contributed by atoms with Crippen molar-refractivity contribution in [1.29, 1.82) is 5.41 Å². The van der Waals surface area contributed by atoms with Gasteiger partial charge in [0.1, 0.15) is 4.90 Å². The summed E-state index contributed by atoms with van der Waals surface area (Å²) >= 11 is 7.33. The Balaban J connectivity index is 1.61. The summed E-state index contributed by atoms with van der Waals surface area (Å²) in [5, 5.41) is 13.7. The molecule has 0 radical (unpaired) electrons. The van der Waals surface area contributed by atoms with Crippen molar-refractivity contribution in [3.05, 3.63) is 64.7 Å². The lowest BCUT2D eigenvalue weighted by atomic mass is 10.1. The van der Waals surface area contributed by atoms with Gasteiger partial charge in [-0.1, -0.05) is 35.9 Å². The predicted molar refractivity (Wildman–Crippen MR) is 112 cm³/mol. The molecule has 0 saturated carbocycles. The van der Waals surface area contributed by atoms with Crippen LogP contribution in [0.3, 0.4) is 0 Å². The Morgan fingerprint density at radius 2 is 1.93 bits per heavy atom. The molecule has 0 spiro atoms. The van der Waals surface area contributed by atoms with Crippen LogP contribution in [0.2, 0.25) is 5.02 Å². The first-order valence-electron chi connectivity index (χ1n) is 8.07. The highest BCUT2D eigenvalue weighted by Crippen LogP contribution is 2.30. The zero-order chi connectivity index (χ0) is 20.6. The first-order valence-corrected chi connectivity index (χ1v) is 10.7. The Hall–Kier alpha value is -2.95. The lowest BCUT2D eigenvalue weighted by Gasteiger charge is -2.20. The third kappa shape index (κ3) is 3.82. The van der Waals surface area contributed by atoms with E-state index in [9.17, 15) is 13.2 Å². The molecule has 0 atom stereocenters. The van der Waals surface area contributed by atoms with Gasteiger partial charge in [-0.2, -0.15) is 23.5 Å². The molecule has 11 heteroatoms. The van der Waals surface area contributed by atoms with Crippen molar-refractivity contribution < 1.29 is 17.4 Å². The molecule has 2 aliphatic heterocycles. The smallest absolute Gasteiger partial charge is 0.339 e. The van der Waals surface area contributed by atoms with Crippen LogP contribution in [0.5, 0.6) is 5.75 Å². The summed E-state index contributed by atoms with van der Waals surface area (Å²) in [7, 11) is -4.03. The maximum absolute atomic E-state index is 12.3. The number of benzene rings is 2. The maximum atomic E-state index is 12.3. The van der Waals surface area contributed by atoms with Gasteiger partial charge in [-0.15, -0.1) is 0 Å². The van der Waals surface area contributed by atoms with E-state index in [1.54, 1.807) is 18.2 Å². The fourth-order valence-corrected chi connectivity index (χ4v) is 4.38. The molecule has 0 bridgehead atoms. The van der Waals surface area contributed by atoms with Crippen LogP contribution in [0.4, 0.5) is 0 Å². The SMILES string of the molecule is N=C1C(=Cc2ccc(OS(=O)(=O)c3ccccc3)c(Cl)c2)C(=O)N=C2SC=NN12. The van der Waals surface area contributed by atoms with Gasteiger partial charge in [0.05, 0.1) is 16.1 Å². The molecule has 29 heavy (non-hydrogen) atoms. The second kappa shape index (κ2) is 7.47. The fourth-order valence-electron chi connectivity index (χ4n) is 2.53. The number of aliphatic imine (C=N–C) groups is 1. The van der Waals surface area contributed by atoms with Gasteiger partial charge in [-0.05, 0) is 47.7 Å². The van der Waals surface area contributed by atoms with Crippen LogP contribution in [0.25, 0.3) is 6.08 Å². The van der Waals surface area contributed by atoms with Crippen LogP contribution >= 0.6 is 23.4 Å². The molecule has 1 N–H and O–H groups in total. The minimum Gasteiger partial charge on any atom is -0.377 e. The number of hydrogen-bond acceptors (Lipinski definition) is 7. The van der Waals surface area contributed by atoms with E-state index in [0.717, 1.165) is 11.8 Å². The zero-order valence-electron chi connectivity index (χ0n) is 14.4. The topological polar surface area (TPSA) is 112 Å². The van der Waals surface area contributed by atoms with Crippen LogP contribution in [0, 0.1) is 5.41 Å². The number of thioether (sulfide) groups is 1. The van der Waals surface area contributed by atoms with Gasteiger partial charge in [0, 0.05) is 0 Å². The molecule has 146 valence electrons. The van der Waals surface area contributed by atoms with E-state index in [-0.39, 0.29) is 27.1 Å². The highest BCUT2D eigenvalue weighted by atomic mass is 35.5. The number of amides is 1. The van der Waals surface area contributed by atoms with E-state index in [4.69, 9.17) is 21.2 Å². The van der Waals surface area contributed by atoms with E-state index >= 15 is 0 Å². The van der Waals surface area contributed by atoms with Crippen LogP contribution < -0.4 is 4.18 Å². The number of fused-ring (bicyclic) bond motifs is 1. The molecule has 0 aliphatic carbocycles. The monoisotopic (exact) mass is 446 g/mol. The van der Waals surface area contributed by atoms with Crippen molar-refractivity contribution in [2.75, 3.05) is 0 Å². The lowest BCUT2D eigenvalue weighted by molar-refractivity contribution is -0.114. The number of hydrogen-bond donors (Lipinski definition) is 1. The average molecular weight is 447 g/mol. The largest absolute Gasteiger partial charge is 0.377 e. The maximum Gasteiger partial charge on any atom is 0.339 e. The molecule has 2 aromatic carbocycles. The number of carbonyl (C=O) groups is 1. The number of amidine groups is 2. The van der Waals surface area contributed by atoms with Crippen molar-refractivity contribution in [2.24, 2.45) is 10.1 Å². The van der Waals surface area contributed by atoms with Crippen molar-refractivity contribution in [2.45, 2.75) is 4.90 Å². The summed E-state index contributed by atoms with van der Waals surface area (Å²) in [4.78, 5) is 16.1. The Bertz CT molecular complexity index is 1220. The van der Waals surface area contributed by atoms with Gasteiger partial charge in [-0.25, -0.2) is 0 Å².